The molecule has 252 valence electrons. The summed E-state index contributed by atoms with van der Waals surface area (Å²) in [5, 5.41) is 7.02. The predicted molar refractivity (Wildman–Crippen MR) is 221 cm³/mol. The molecule has 0 radical (unpaired) electrons. The van der Waals surface area contributed by atoms with Gasteiger partial charge in [0.05, 0.1) is 11.0 Å². The maximum absolute atomic E-state index is 6.91. The molecule has 0 spiro atoms. The number of nitrogens with zero attached hydrogens (tertiary/aromatic N) is 4. The lowest BCUT2D eigenvalue weighted by Crippen LogP contribution is -2.00. The first-order valence-corrected chi connectivity index (χ1v) is 18.1. The average molecular weight is 691 g/mol. The molecule has 0 bridgehead atoms. The second kappa shape index (κ2) is 12.1. The second-order valence-corrected chi connectivity index (χ2v) is 13.6. The van der Waals surface area contributed by atoms with Crippen molar-refractivity contribution in [3.05, 3.63) is 182 Å². The maximum atomic E-state index is 6.91. The number of aromatic nitrogens is 4. The first-order valence-electron chi connectivity index (χ1n) is 18.1. The van der Waals surface area contributed by atoms with Gasteiger partial charge >= 0.3 is 0 Å². The van der Waals surface area contributed by atoms with Gasteiger partial charge in [-0.2, -0.15) is 0 Å². The molecule has 8 aromatic carbocycles. The molecule has 0 amide bonds. The molecule has 0 aliphatic carbocycles. The molecule has 54 heavy (non-hydrogen) atoms. The highest BCUT2D eigenvalue weighted by atomic mass is 16.3. The van der Waals surface area contributed by atoms with Crippen molar-refractivity contribution in [1.82, 2.24) is 19.5 Å². The number of furan rings is 1. The quantitative estimate of drug-likeness (QED) is 0.180. The highest BCUT2D eigenvalue weighted by Crippen LogP contribution is 2.42. The minimum Gasteiger partial charge on any atom is -0.455 e. The Morgan fingerprint density at radius 2 is 0.889 bits per heavy atom. The van der Waals surface area contributed by atoms with E-state index < -0.39 is 0 Å². The number of para-hydroxylation sites is 2. The molecule has 0 fully saturated rings. The van der Waals surface area contributed by atoms with Crippen molar-refractivity contribution in [1.29, 1.82) is 0 Å². The second-order valence-electron chi connectivity index (χ2n) is 13.6. The van der Waals surface area contributed by atoms with Crippen LogP contribution in [0.25, 0.3) is 105 Å². The third kappa shape index (κ3) is 4.83. The van der Waals surface area contributed by atoms with E-state index in [1.54, 1.807) is 0 Å². The van der Waals surface area contributed by atoms with E-state index in [1.165, 1.54) is 27.2 Å². The molecule has 0 atom stereocenters. The van der Waals surface area contributed by atoms with Crippen molar-refractivity contribution in [3.8, 4) is 51.0 Å². The summed E-state index contributed by atoms with van der Waals surface area (Å²) in [5.41, 5.74) is 10.0. The fourth-order valence-corrected chi connectivity index (χ4v) is 7.90. The van der Waals surface area contributed by atoms with Crippen molar-refractivity contribution in [3.63, 3.8) is 0 Å². The highest BCUT2D eigenvalue weighted by Gasteiger charge is 2.19. The molecule has 3 heterocycles. The van der Waals surface area contributed by atoms with E-state index in [1.807, 2.05) is 60.7 Å². The number of hydrogen-bond donors (Lipinski definition) is 0. The molecule has 11 rings (SSSR count). The summed E-state index contributed by atoms with van der Waals surface area (Å²) in [6, 6.07) is 63.2. The van der Waals surface area contributed by atoms with Crippen LogP contribution in [0.2, 0.25) is 0 Å². The molecule has 5 heteroatoms. The minimum absolute atomic E-state index is 0.624. The summed E-state index contributed by atoms with van der Waals surface area (Å²) in [5.74, 6) is 1.91. The Balaban J connectivity index is 1.06. The van der Waals surface area contributed by atoms with E-state index in [0.29, 0.717) is 17.5 Å². The topological polar surface area (TPSA) is 56.7 Å². The zero-order valence-electron chi connectivity index (χ0n) is 29.0. The molecule has 3 aromatic heterocycles. The van der Waals surface area contributed by atoms with E-state index in [4.69, 9.17) is 19.4 Å². The monoisotopic (exact) mass is 690 g/mol. The SMILES string of the molecule is c1ccc(-c2nc(-c3ccccc3)nc(-c3ccc(-c4cc5ccccc5c5c4oc4cc(-n6c7ccccc7c7ccccc76)ccc45)cc3)n2)cc1. The van der Waals surface area contributed by atoms with Gasteiger partial charge in [0.1, 0.15) is 11.2 Å². The van der Waals surface area contributed by atoms with E-state index >= 15 is 0 Å². The molecule has 0 aliphatic rings. The molecule has 0 aliphatic heterocycles. The molecule has 0 N–H and O–H groups in total. The van der Waals surface area contributed by atoms with Gasteiger partial charge in [0.2, 0.25) is 0 Å². The van der Waals surface area contributed by atoms with Crippen molar-refractivity contribution < 1.29 is 4.42 Å². The molecular weight excluding hydrogens is 661 g/mol. The van der Waals surface area contributed by atoms with Gasteiger partial charge in [-0.1, -0.05) is 146 Å². The lowest BCUT2D eigenvalue weighted by atomic mass is 9.96. The van der Waals surface area contributed by atoms with E-state index in [2.05, 4.69) is 126 Å². The van der Waals surface area contributed by atoms with Gasteiger partial charge in [-0.15, -0.1) is 0 Å². The summed E-state index contributed by atoms with van der Waals surface area (Å²) in [4.78, 5) is 14.8. The summed E-state index contributed by atoms with van der Waals surface area (Å²) >= 11 is 0. The zero-order valence-corrected chi connectivity index (χ0v) is 29.0. The first-order chi connectivity index (χ1) is 26.8. The molecule has 5 nitrogen and oxygen atoms in total. The summed E-state index contributed by atoms with van der Waals surface area (Å²) in [6.45, 7) is 0. The predicted octanol–water partition coefficient (Wildman–Crippen LogP) is 12.7. The van der Waals surface area contributed by atoms with Crippen molar-refractivity contribution in [2.24, 2.45) is 0 Å². The van der Waals surface area contributed by atoms with E-state index in [-0.39, 0.29) is 0 Å². The van der Waals surface area contributed by atoms with Crippen LogP contribution in [-0.4, -0.2) is 19.5 Å². The third-order valence-corrected chi connectivity index (χ3v) is 10.4. The molecular formula is C49H30N4O. The summed E-state index contributed by atoms with van der Waals surface area (Å²) in [7, 11) is 0. The summed E-state index contributed by atoms with van der Waals surface area (Å²) < 4.78 is 9.24. The number of rotatable bonds is 5. The molecule has 11 aromatic rings. The van der Waals surface area contributed by atoms with Crippen LogP contribution in [0.4, 0.5) is 0 Å². The van der Waals surface area contributed by atoms with Crippen molar-refractivity contribution >= 4 is 54.5 Å². The zero-order chi connectivity index (χ0) is 35.6. The van der Waals surface area contributed by atoms with Gasteiger partial charge in [-0.25, -0.2) is 15.0 Å². The smallest absolute Gasteiger partial charge is 0.164 e. The standard InChI is InChI=1S/C49H30N4O/c1-3-13-32(14-4-1)47-50-48(33-15-5-2-6-16-33)52-49(51-47)34-25-23-31(24-26-34)41-29-35-17-7-8-18-37(35)45-40-28-27-36(30-44(40)54-46(41)45)53-42-21-11-9-19-38(42)39-20-10-12-22-43(39)53/h1-30H. The molecule has 0 saturated heterocycles. The van der Waals surface area contributed by atoms with Gasteiger partial charge in [0.15, 0.2) is 17.5 Å². The fraction of sp³-hybridized carbons (Fsp3) is 0. The Morgan fingerprint density at radius 3 is 1.50 bits per heavy atom. The Bertz CT molecular complexity index is 3090. The van der Waals surface area contributed by atoms with Crippen LogP contribution in [0.3, 0.4) is 0 Å². The fourth-order valence-electron chi connectivity index (χ4n) is 7.90. The summed E-state index contributed by atoms with van der Waals surface area (Å²) in [6.07, 6.45) is 0. The lowest BCUT2D eigenvalue weighted by molar-refractivity contribution is 0.670. The minimum atomic E-state index is 0.624. The Labute approximate surface area is 310 Å². The first kappa shape index (κ1) is 30.3. The molecule has 0 unspecified atom stereocenters. The number of fused-ring (bicyclic) bond motifs is 8. The maximum Gasteiger partial charge on any atom is 0.164 e. The number of benzene rings is 8. The largest absolute Gasteiger partial charge is 0.455 e. The van der Waals surface area contributed by atoms with Gasteiger partial charge in [-0.3, -0.25) is 0 Å². The Morgan fingerprint density at radius 1 is 0.389 bits per heavy atom. The van der Waals surface area contributed by atoms with Gasteiger partial charge in [0, 0.05) is 55.6 Å². The third-order valence-electron chi connectivity index (χ3n) is 10.4. The van der Waals surface area contributed by atoms with Crippen LogP contribution >= 0.6 is 0 Å². The average Bonchev–Trinajstić information content (AvgIpc) is 3.80. The highest BCUT2D eigenvalue weighted by molar-refractivity contribution is 6.22. The van der Waals surface area contributed by atoms with E-state index in [0.717, 1.165) is 60.8 Å². The van der Waals surface area contributed by atoms with Crippen LogP contribution in [0.15, 0.2) is 186 Å². The Kier molecular flexibility index (Phi) is 6.79. The Hall–Kier alpha value is -7.37. The van der Waals surface area contributed by atoms with Crippen LogP contribution < -0.4 is 0 Å². The van der Waals surface area contributed by atoms with Crippen LogP contribution in [0, 0.1) is 0 Å². The van der Waals surface area contributed by atoms with E-state index in [9.17, 15) is 0 Å². The van der Waals surface area contributed by atoms with Gasteiger partial charge in [0.25, 0.3) is 0 Å². The van der Waals surface area contributed by atoms with Crippen LogP contribution in [0.1, 0.15) is 0 Å². The van der Waals surface area contributed by atoms with Crippen molar-refractivity contribution in [2.75, 3.05) is 0 Å². The molecule has 0 saturated carbocycles. The van der Waals surface area contributed by atoms with Crippen LogP contribution in [0.5, 0.6) is 0 Å². The van der Waals surface area contributed by atoms with Crippen molar-refractivity contribution in [2.45, 2.75) is 0 Å². The van der Waals surface area contributed by atoms with Crippen LogP contribution in [-0.2, 0) is 0 Å². The van der Waals surface area contributed by atoms with Gasteiger partial charge < -0.3 is 8.98 Å². The normalized spacial score (nSPS) is 11.7. The lowest BCUT2D eigenvalue weighted by Gasteiger charge is -2.10. The van der Waals surface area contributed by atoms with Gasteiger partial charge in [-0.05, 0) is 46.7 Å². The number of hydrogen-bond acceptors (Lipinski definition) is 4.